The zero-order valence-corrected chi connectivity index (χ0v) is 21.8. The number of ether oxygens (including phenoxy) is 2. The second-order valence-corrected chi connectivity index (χ2v) is 9.49. The first-order valence-corrected chi connectivity index (χ1v) is 12.6. The molecule has 1 heterocycles. The van der Waals surface area contributed by atoms with E-state index in [9.17, 15) is 9.59 Å². The van der Waals surface area contributed by atoms with Gasteiger partial charge in [0.05, 0.1) is 35.2 Å². The van der Waals surface area contributed by atoms with Gasteiger partial charge in [-0.2, -0.15) is 0 Å². The van der Waals surface area contributed by atoms with Gasteiger partial charge >= 0.3 is 5.97 Å². The lowest BCUT2D eigenvalue weighted by atomic mass is 10.1. The predicted octanol–water partition coefficient (Wildman–Crippen LogP) is 4.95. The molecule has 35 heavy (non-hydrogen) atoms. The lowest BCUT2D eigenvalue weighted by Gasteiger charge is -2.11. The highest BCUT2D eigenvalue weighted by molar-refractivity contribution is 7.99. The number of hydrogen-bond acceptors (Lipinski definition) is 7. The number of methoxy groups -OCH3 is 1. The summed E-state index contributed by atoms with van der Waals surface area (Å²) >= 11 is 7.48. The molecule has 0 aliphatic rings. The van der Waals surface area contributed by atoms with E-state index in [0.717, 1.165) is 30.8 Å². The molecule has 1 N–H and O–H groups in total. The molecule has 10 heteroatoms. The van der Waals surface area contributed by atoms with Crippen LogP contribution in [0.1, 0.15) is 42.0 Å². The Morgan fingerprint density at radius 1 is 1.11 bits per heavy atom. The second kappa shape index (κ2) is 12.6. The van der Waals surface area contributed by atoms with E-state index in [0.29, 0.717) is 21.4 Å². The first-order chi connectivity index (χ1) is 16.8. The Morgan fingerprint density at radius 3 is 2.54 bits per heavy atom. The summed E-state index contributed by atoms with van der Waals surface area (Å²) < 4.78 is 12.3. The van der Waals surface area contributed by atoms with Crippen LogP contribution in [-0.2, 0) is 29.4 Å². The van der Waals surface area contributed by atoms with Crippen molar-refractivity contribution in [1.82, 2.24) is 14.8 Å². The highest BCUT2D eigenvalue weighted by atomic mass is 35.5. The molecule has 8 nitrogen and oxygen atoms in total. The minimum Gasteiger partial charge on any atom is -0.497 e. The highest BCUT2D eigenvalue weighted by Gasteiger charge is 2.15. The summed E-state index contributed by atoms with van der Waals surface area (Å²) in [5.74, 6) is 1.09. The number of aryl methyl sites for hydroxylation is 2. The van der Waals surface area contributed by atoms with Crippen LogP contribution in [-0.4, -0.2) is 45.6 Å². The van der Waals surface area contributed by atoms with Gasteiger partial charge in [-0.1, -0.05) is 35.5 Å². The first kappa shape index (κ1) is 26.6. The third-order valence-electron chi connectivity index (χ3n) is 5.10. The van der Waals surface area contributed by atoms with Crippen molar-refractivity contribution in [1.29, 1.82) is 0 Å². The monoisotopic (exact) mass is 516 g/mol. The van der Waals surface area contributed by atoms with Crippen LogP contribution in [0, 0.1) is 0 Å². The van der Waals surface area contributed by atoms with Gasteiger partial charge < -0.3 is 19.4 Å². The summed E-state index contributed by atoms with van der Waals surface area (Å²) in [5, 5.41) is 12.2. The maximum absolute atomic E-state index is 12.5. The number of nitrogens with one attached hydrogen (secondary N) is 1. The Bertz CT molecular complexity index is 1160. The molecule has 0 bridgehead atoms. The Kier molecular flexibility index (Phi) is 9.56. The minimum atomic E-state index is -0.472. The van der Waals surface area contributed by atoms with Crippen LogP contribution in [0.15, 0.2) is 47.6 Å². The quantitative estimate of drug-likeness (QED) is 0.284. The fourth-order valence-corrected chi connectivity index (χ4v) is 4.17. The number of carbonyl (C=O) groups is 2. The summed E-state index contributed by atoms with van der Waals surface area (Å²) in [6.45, 7) is 3.54. The van der Waals surface area contributed by atoms with Gasteiger partial charge in [0.15, 0.2) is 5.16 Å². The van der Waals surface area contributed by atoms with E-state index in [1.807, 2.05) is 23.7 Å². The number of esters is 1. The largest absolute Gasteiger partial charge is 0.497 e. The van der Waals surface area contributed by atoms with Crippen LogP contribution in [0.25, 0.3) is 0 Å². The molecule has 0 aliphatic carbocycles. The van der Waals surface area contributed by atoms with Crippen molar-refractivity contribution in [3.05, 3.63) is 64.4 Å². The molecule has 0 unspecified atom stereocenters. The normalized spacial score (nSPS) is 10.9. The minimum absolute atomic E-state index is 0.120. The Balaban J connectivity index is 1.51. The van der Waals surface area contributed by atoms with E-state index < -0.39 is 5.97 Å². The number of rotatable bonds is 11. The van der Waals surface area contributed by atoms with E-state index >= 15 is 0 Å². The molecule has 1 amide bonds. The lowest BCUT2D eigenvalue weighted by Crippen LogP contribution is -2.16. The van der Waals surface area contributed by atoms with E-state index in [1.54, 1.807) is 33.1 Å². The molecule has 0 atom stereocenters. The zero-order chi connectivity index (χ0) is 25.4. The van der Waals surface area contributed by atoms with Gasteiger partial charge in [0.25, 0.3) is 0 Å². The molecule has 1 aromatic heterocycles. The second-order valence-electron chi connectivity index (χ2n) is 8.14. The van der Waals surface area contributed by atoms with Crippen LogP contribution in [0.2, 0.25) is 5.02 Å². The molecule has 0 spiro atoms. The number of hydrogen-bond donors (Lipinski definition) is 1. The van der Waals surface area contributed by atoms with E-state index in [4.69, 9.17) is 21.1 Å². The molecule has 0 saturated heterocycles. The van der Waals surface area contributed by atoms with Gasteiger partial charge in [0, 0.05) is 13.5 Å². The van der Waals surface area contributed by atoms with Gasteiger partial charge in [-0.3, -0.25) is 4.79 Å². The molecule has 3 rings (SSSR count). The molecule has 3 aromatic rings. The van der Waals surface area contributed by atoms with Gasteiger partial charge in [-0.15, -0.1) is 10.2 Å². The average Bonchev–Trinajstić information content (AvgIpc) is 3.18. The predicted molar refractivity (Wildman–Crippen MR) is 137 cm³/mol. The van der Waals surface area contributed by atoms with E-state index in [1.165, 1.54) is 23.4 Å². The molecule has 0 fully saturated rings. The SMILES string of the molecule is COc1ccc(CCCc2nnc(SCC(=O)Nc3cc(C(=O)OC(C)C)ccc3Cl)n2C)cc1. The number of benzene rings is 2. The molecule has 186 valence electrons. The summed E-state index contributed by atoms with van der Waals surface area (Å²) in [4.78, 5) is 24.6. The van der Waals surface area contributed by atoms with Crippen molar-refractivity contribution in [3.63, 3.8) is 0 Å². The topological polar surface area (TPSA) is 95.3 Å². The number of thioether (sulfide) groups is 1. The zero-order valence-electron chi connectivity index (χ0n) is 20.2. The first-order valence-electron chi connectivity index (χ1n) is 11.2. The van der Waals surface area contributed by atoms with Gasteiger partial charge in [0.2, 0.25) is 5.91 Å². The summed E-state index contributed by atoms with van der Waals surface area (Å²) in [6.07, 6.45) is 2.38. The van der Waals surface area contributed by atoms with Crippen molar-refractivity contribution >= 4 is 40.9 Å². The van der Waals surface area contributed by atoms with Gasteiger partial charge in [0.1, 0.15) is 11.6 Å². The van der Waals surface area contributed by atoms with Crippen LogP contribution >= 0.6 is 23.4 Å². The van der Waals surface area contributed by atoms with Crippen molar-refractivity contribution in [2.75, 3.05) is 18.2 Å². The van der Waals surface area contributed by atoms with Crippen LogP contribution < -0.4 is 10.1 Å². The van der Waals surface area contributed by atoms with Crippen molar-refractivity contribution < 1.29 is 19.1 Å². The van der Waals surface area contributed by atoms with Crippen LogP contribution in [0.4, 0.5) is 5.69 Å². The third-order valence-corrected chi connectivity index (χ3v) is 6.45. The molecule has 0 radical (unpaired) electrons. The number of aromatic nitrogens is 3. The van der Waals surface area contributed by atoms with Gasteiger partial charge in [-0.25, -0.2) is 4.79 Å². The molecule has 0 aliphatic heterocycles. The third kappa shape index (κ3) is 7.73. The smallest absolute Gasteiger partial charge is 0.338 e. The maximum atomic E-state index is 12.5. The van der Waals surface area contributed by atoms with Gasteiger partial charge in [-0.05, 0) is 62.6 Å². The Hall–Kier alpha value is -3.04. The van der Waals surface area contributed by atoms with Crippen molar-refractivity contribution in [2.45, 2.75) is 44.4 Å². The van der Waals surface area contributed by atoms with E-state index in [-0.39, 0.29) is 17.8 Å². The molecular weight excluding hydrogens is 488 g/mol. The summed E-state index contributed by atoms with van der Waals surface area (Å²) in [5.41, 5.74) is 1.91. The fraction of sp³-hybridized carbons (Fsp3) is 0.360. The fourth-order valence-electron chi connectivity index (χ4n) is 3.28. The molecular formula is C25H29ClN4O4S. The lowest BCUT2D eigenvalue weighted by molar-refractivity contribution is -0.113. The van der Waals surface area contributed by atoms with Crippen molar-refractivity contribution in [3.8, 4) is 5.75 Å². The molecule has 0 saturated carbocycles. The Morgan fingerprint density at radius 2 is 1.86 bits per heavy atom. The molecule has 2 aromatic carbocycles. The number of nitrogens with zero attached hydrogens (tertiary/aromatic N) is 3. The summed E-state index contributed by atoms with van der Waals surface area (Å²) in [7, 11) is 3.55. The standard InChI is InChI=1S/C25H29ClN4O4S/c1-16(2)34-24(32)18-10-13-20(26)21(14-18)27-23(31)15-35-25-29-28-22(30(25)3)7-5-6-17-8-11-19(33-4)12-9-17/h8-14,16H,5-7,15H2,1-4H3,(H,27,31). The van der Waals surface area contributed by atoms with Crippen LogP contribution in [0.3, 0.4) is 0 Å². The number of halogens is 1. The number of carbonyl (C=O) groups excluding carboxylic acids is 2. The van der Waals surface area contributed by atoms with E-state index in [2.05, 4.69) is 27.6 Å². The highest BCUT2D eigenvalue weighted by Crippen LogP contribution is 2.25. The van der Waals surface area contributed by atoms with Crippen molar-refractivity contribution in [2.24, 2.45) is 7.05 Å². The number of anilines is 1. The summed E-state index contributed by atoms with van der Waals surface area (Å²) in [6, 6.07) is 12.7. The van der Waals surface area contributed by atoms with Crippen LogP contribution in [0.5, 0.6) is 5.75 Å². The Labute approximate surface area is 214 Å². The number of amides is 1. The maximum Gasteiger partial charge on any atom is 0.338 e. The average molecular weight is 517 g/mol.